The van der Waals surface area contributed by atoms with E-state index in [4.69, 9.17) is 4.74 Å². The molecule has 5 heteroatoms. The molecule has 21 heavy (non-hydrogen) atoms. The number of rotatable bonds is 5. The molecular formula is C16H27NO4. The molecule has 1 aliphatic heterocycles. The second kappa shape index (κ2) is 6.34. The van der Waals surface area contributed by atoms with Gasteiger partial charge in [0, 0.05) is 25.6 Å². The van der Waals surface area contributed by atoms with Crippen LogP contribution in [-0.2, 0) is 14.3 Å². The second-order valence-corrected chi connectivity index (χ2v) is 6.69. The molecule has 5 nitrogen and oxygen atoms in total. The number of carboxylic acids is 1. The molecule has 0 aromatic rings. The van der Waals surface area contributed by atoms with Crippen LogP contribution < -0.4 is 0 Å². The van der Waals surface area contributed by atoms with Crippen molar-refractivity contribution in [1.82, 2.24) is 4.90 Å². The predicted molar refractivity (Wildman–Crippen MR) is 79.0 cm³/mol. The summed E-state index contributed by atoms with van der Waals surface area (Å²) in [6, 6.07) is 0. The average molecular weight is 297 g/mol. The summed E-state index contributed by atoms with van der Waals surface area (Å²) in [4.78, 5) is 26.3. The Hall–Kier alpha value is -1.10. The van der Waals surface area contributed by atoms with Crippen molar-refractivity contribution in [1.29, 1.82) is 0 Å². The molecule has 2 rings (SSSR count). The molecule has 1 heterocycles. The van der Waals surface area contributed by atoms with Crippen molar-refractivity contribution in [3.8, 4) is 0 Å². The minimum absolute atomic E-state index is 0.170. The number of likely N-dealkylation sites (tertiary alicyclic amines) is 1. The Kier molecular flexibility index (Phi) is 4.91. The first kappa shape index (κ1) is 16.3. The monoisotopic (exact) mass is 297 g/mol. The normalized spacial score (nSPS) is 28.6. The van der Waals surface area contributed by atoms with Crippen molar-refractivity contribution in [3.63, 3.8) is 0 Å². The first-order valence-electron chi connectivity index (χ1n) is 8.01. The Morgan fingerprint density at radius 2 is 1.81 bits per heavy atom. The molecule has 1 aliphatic carbocycles. The molecule has 0 aromatic heterocycles. The molecule has 1 N–H and O–H groups in total. The molecule has 0 radical (unpaired) electrons. The fourth-order valence-electron chi connectivity index (χ4n) is 3.96. The standard InChI is InChI=1S/C16H27NO4/c1-3-15(7-5-4-6-8-15)13(18)17-10-9-16(11-17,12-21-2)14(19)20/h3-12H2,1-2H3,(H,19,20). The Balaban J connectivity index is 2.12. The van der Waals surface area contributed by atoms with E-state index in [2.05, 4.69) is 6.92 Å². The van der Waals surface area contributed by atoms with Gasteiger partial charge in [-0.05, 0) is 25.7 Å². The molecule has 0 spiro atoms. The third-order valence-corrected chi connectivity index (χ3v) is 5.46. The number of carbonyl (C=O) groups excluding carboxylic acids is 1. The van der Waals surface area contributed by atoms with Gasteiger partial charge in [-0.15, -0.1) is 0 Å². The van der Waals surface area contributed by atoms with Gasteiger partial charge in [-0.1, -0.05) is 26.2 Å². The zero-order valence-electron chi connectivity index (χ0n) is 13.2. The molecule has 2 aliphatic rings. The predicted octanol–water partition coefficient (Wildman–Crippen LogP) is 2.30. The van der Waals surface area contributed by atoms with Gasteiger partial charge in [-0.3, -0.25) is 9.59 Å². The van der Waals surface area contributed by atoms with Crippen LogP contribution in [0.1, 0.15) is 51.9 Å². The molecule has 1 saturated carbocycles. The van der Waals surface area contributed by atoms with Gasteiger partial charge >= 0.3 is 5.97 Å². The Morgan fingerprint density at radius 3 is 2.33 bits per heavy atom. The van der Waals surface area contributed by atoms with Crippen LogP contribution in [0.5, 0.6) is 0 Å². The highest BCUT2D eigenvalue weighted by atomic mass is 16.5. The molecule has 1 saturated heterocycles. The average Bonchev–Trinajstić information content (AvgIpc) is 2.93. The van der Waals surface area contributed by atoms with Crippen LogP contribution in [0.2, 0.25) is 0 Å². The van der Waals surface area contributed by atoms with Gasteiger partial charge in [0.15, 0.2) is 0 Å². The zero-order valence-corrected chi connectivity index (χ0v) is 13.2. The summed E-state index contributed by atoms with van der Waals surface area (Å²) in [5, 5.41) is 9.51. The highest BCUT2D eigenvalue weighted by molar-refractivity contribution is 5.85. The second-order valence-electron chi connectivity index (χ2n) is 6.69. The largest absolute Gasteiger partial charge is 0.481 e. The number of amides is 1. The quantitative estimate of drug-likeness (QED) is 0.845. The Bertz CT molecular complexity index is 403. The van der Waals surface area contributed by atoms with Gasteiger partial charge in [0.05, 0.1) is 6.61 Å². The van der Waals surface area contributed by atoms with E-state index in [0.29, 0.717) is 13.0 Å². The number of hydrogen-bond acceptors (Lipinski definition) is 3. The van der Waals surface area contributed by atoms with Crippen LogP contribution in [0.25, 0.3) is 0 Å². The summed E-state index contributed by atoms with van der Waals surface area (Å²) < 4.78 is 5.10. The summed E-state index contributed by atoms with van der Waals surface area (Å²) in [5.41, 5.74) is -1.17. The number of nitrogens with zero attached hydrogens (tertiary/aromatic N) is 1. The number of aliphatic carboxylic acids is 1. The molecular weight excluding hydrogens is 270 g/mol. The van der Waals surface area contributed by atoms with Crippen molar-refractivity contribution < 1.29 is 19.4 Å². The minimum Gasteiger partial charge on any atom is -0.481 e. The van der Waals surface area contributed by atoms with E-state index >= 15 is 0 Å². The minimum atomic E-state index is -0.923. The van der Waals surface area contributed by atoms with Crippen LogP contribution in [0.3, 0.4) is 0 Å². The topological polar surface area (TPSA) is 66.8 Å². The van der Waals surface area contributed by atoms with Gasteiger partial charge in [-0.2, -0.15) is 0 Å². The van der Waals surface area contributed by atoms with Crippen LogP contribution in [0.4, 0.5) is 0 Å². The van der Waals surface area contributed by atoms with Crippen LogP contribution in [-0.4, -0.2) is 48.7 Å². The summed E-state index contributed by atoms with van der Waals surface area (Å²) in [5.74, 6) is -0.683. The van der Waals surface area contributed by atoms with E-state index < -0.39 is 11.4 Å². The number of carbonyl (C=O) groups is 2. The first-order chi connectivity index (χ1) is 9.99. The smallest absolute Gasteiger partial charge is 0.313 e. The summed E-state index contributed by atoms with van der Waals surface area (Å²) in [7, 11) is 1.52. The van der Waals surface area contributed by atoms with Gasteiger partial charge in [0.1, 0.15) is 5.41 Å². The Labute approximate surface area is 126 Å². The van der Waals surface area contributed by atoms with Crippen molar-refractivity contribution in [2.24, 2.45) is 10.8 Å². The molecule has 2 fully saturated rings. The maximum atomic E-state index is 13.0. The van der Waals surface area contributed by atoms with E-state index in [1.165, 1.54) is 13.5 Å². The van der Waals surface area contributed by atoms with Gasteiger partial charge in [0.2, 0.25) is 5.91 Å². The summed E-state index contributed by atoms with van der Waals surface area (Å²) in [6.07, 6.45) is 6.66. The summed E-state index contributed by atoms with van der Waals surface area (Å²) >= 11 is 0. The maximum absolute atomic E-state index is 13.0. The fraction of sp³-hybridized carbons (Fsp3) is 0.875. The lowest BCUT2D eigenvalue weighted by molar-refractivity contribution is -0.152. The van der Waals surface area contributed by atoms with E-state index in [0.717, 1.165) is 32.1 Å². The molecule has 0 bridgehead atoms. The Morgan fingerprint density at radius 1 is 1.14 bits per heavy atom. The van der Waals surface area contributed by atoms with Gasteiger partial charge in [-0.25, -0.2) is 0 Å². The van der Waals surface area contributed by atoms with Crippen LogP contribution >= 0.6 is 0 Å². The molecule has 120 valence electrons. The highest BCUT2D eigenvalue weighted by Crippen LogP contribution is 2.43. The van der Waals surface area contributed by atoms with Crippen molar-refractivity contribution in [2.75, 3.05) is 26.8 Å². The van der Waals surface area contributed by atoms with Crippen molar-refractivity contribution in [3.05, 3.63) is 0 Å². The molecule has 0 aromatic carbocycles. The fourth-order valence-corrected chi connectivity index (χ4v) is 3.96. The van der Waals surface area contributed by atoms with Gasteiger partial charge in [0.25, 0.3) is 0 Å². The number of carboxylic acid groups (broad SMARTS) is 1. The number of methoxy groups -OCH3 is 1. The molecule has 1 amide bonds. The van der Waals surface area contributed by atoms with Crippen LogP contribution in [0.15, 0.2) is 0 Å². The third-order valence-electron chi connectivity index (χ3n) is 5.46. The lowest BCUT2D eigenvalue weighted by Crippen LogP contribution is -2.46. The maximum Gasteiger partial charge on any atom is 0.313 e. The van der Waals surface area contributed by atoms with E-state index in [9.17, 15) is 14.7 Å². The lowest BCUT2D eigenvalue weighted by Gasteiger charge is -2.38. The lowest BCUT2D eigenvalue weighted by atomic mass is 9.71. The molecule has 1 unspecified atom stereocenters. The third kappa shape index (κ3) is 2.93. The first-order valence-corrected chi connectivity index (χ1v) is 8.01. The zero-order chi connectivity index (χ0) is 15.5. The number of ether oxygens (including phenoxy) is 1. The van der Waals surface area contributed by atoms with Crippen molar-refractivity contribution in [2.45, 2.75) is 51.9 Å². The molecule has 1 atom stereocenters. The number of hydrogen-bond donors (Lipinski definition) is 1. The highest BCUT2D eigenvalue weighted by Gasteiger charge is 2.50. The summed E-state index contributed by atoms with van der Waals surface area (Å²) in [6.45, 7) is 3.08. The SMILES string of the molecule is CCC1(C(=O)N2CCC(COC)(C(=O)O)C2)CCCCC1. The van der Waals surface area contributed by atoms with Crippen LogP contribution in [0, 0.1) is 10.8 Å². The van der Waals surface area contributed by atoms with E-state index in [1.54, 1.807) is 4.90 Å². The van der Waals surface area contributed by atoms with E-state index in [1.807, 2.05) is 0 Å². The van der Waals surface area contributed by atoms with Gasteiger partial charge < -0.3 is 14.7 Å². The van der Waals surface area contributed by atoms with Crippen molar-refractivity contribution >= 4 is 11.9 Å². The van der Waals surface area contributed by atoms with E-state index in [-0.39, 0.29) is 24.5 Å².